The normalized spacial score (nSPS) is 14.8. The van der Waals surface area contributed by atoms with Crippen LogP contribution in [-0.4, -0.2) is 66.9 Å². The van der Waals surface area contributed by atoms with Crippen LogP contribution in [-0.2, 0) is 37.4 Å². The molecule has 2 aromatic rings. The highest BCUT2D eigenvalue weighted by atomic mass is 32.2. The maximum absolute atomic E-state index is 13.3. The average molecular weight is 491 g/mol. The Labute approximate surface area is 200 Å². The Balaban J connectivity index is 1.86. The van der Waals surface area contributed by atoms with Gasteiger partial charge in [-0.05, 0) is 34.9 Å². The van der Waals surface area contributed by atoms with E-state index in [1.165, 1.54) is 39.5 Å². The smallest absolute Gasteiger partial charge is 0.330 e. The third kappa shape index (κ3) is 6.57. The molecule has 10 heteroatoms. The zero-order valence-electron chi connectivity index (χ0n) is 19.6. The molecular weight excluding hydrogens is 460 g/mol. The molecule has 0 amide bonds. The molecule has 1 aliphatic rings. The molecule has 0 saturated carbocycles. The summed E-state index contributed by atoms with van der Waals surface area (Å²) in [4.78, 5) is 13.7. The van der Waals surface area contributed by atoms with Gasteiger partial charge in [-0.2, -0.15) is 0 Å². The van der Waals surface area contributed by atoms with Crippen molar-refractivity contribution in [3.63, 3.8) is 0 Å². The van der Waals surface area contributed by atoms with Crippen LogP contribution in [0, 0.1) is 0 Å². The maximum atomic E-state index is 13.3. The number of hydrogen-bond acceptors (Lipinski definition) is 8. The second-order valence-corrected chi connectivity index (χ2v) is 9.33. The van der Waals surface area contributed by atoms with Crippen molar-refractivity contribution in [2.75, 3.05) is 47.6 Å². The van der Waals surface area contributed by atoms with Crippen molar-refractivity contribution < 1.29 is 32.2 Å². The lowest BCUT2D eigenvalue weighted by atomic mass is 10.1. The van der Waals surface area contributed by atoms with Crippen molar-refractivity contribution in [3.8, 4) is 11.5 Å². The predicted octanol–water partition coefficient (Wildman–Crippen LogP) is 2.20. The molecule has 0 bridgehead atoms. The number of benzene rings is 2. The van der Waals surface area contributed by atoms with E-state index in [1.807, 2.05) is 24.3 Å². The van der Waals surface area contributed by atoms with Crippen LogP contribution in [0.5, 0.6) is 11.5 Å². The minimum absolute atomic E-state index is 0.0758. The van der Waals surface area contributed by atoms with E-state index in [0.717, 1.165) is 24.2 Å². The van der Waals surface area contributed by atoms with Crippen molar-refractivity contribution >= 4 is 22.1 Å². The number of esters is 1. The fraction of sp³-hybridized carbons (Fsp3) is 0.375. The van der Waals surface area contributed by atoms with E-state index in [9.17, 15) is 13.2 Å². The van der Waals surface area contributed by atoms with E-state index < -0.39 is 16.0 Å². The number of nitrogens with one attached hydrogen (secondary N) is 1. The number of morpholine rings is 1. The molecule has 184 valence electrons. The van der Waals surface area contributed by atoms with Gasteiger partial charge in [0.15, 0.2) is 11.5 Å². The van der Waals surface area contributed by atoms with Crippen LogP contribution in [0.1, 0.15) is 16.7 Å². The van der Waals surface area contributed by atoms with E-state index in [4.69, 9.17) is 14.2 Å². The third-order valence-corrected chi connectivity index (χ3v) is 6.85. The summed E-state index contributed by atoms with van der Waals surface area (Å²) in [5.74, 6) is -0.261. The first-order valence-corrected chi connectivity index (χ1v) is 12.2. The molecule has 2 aromatic carbocycles. The number of carbonyl (C=O) groups is 1. The Kier molecular flexibility index (Phi) is 9.05. The molecule has 0 aromatic heterocycles. The highest BCUT2D eigenvalue weighted by molar-refractivity contribution is 7.89. The molecule has 0 spiro atoms. The largest absolute Gasteiger partial charge is 0.493 e. The zero-order chi connectivity index (χ0) is 24.6. The lowest BCUT2D eigenvalue weighted by molar-refractivity contribution is -0.134. The molecule has 1 heterocycles. The SMILES string of the molecule is COC(=O)/C=C/c1cc(OC)c(OC)c(S(=O)(=O)NCc2ccccc2CN2CCOCC2)c1. The fourth-order valence-electron chi connectivity index (χ4n) is 3.61. The lowest BCUT2D eigenvalue weighted by Gasteiger charge is -2.27. The number of nitrogens with zero attached hydrogens (tertiary/aromatic N) is 1. The summed E-state index contributed by atoms with van der Waals surface area (Å²) in [6, 6.07) is 10.7. The van der Waals surface area contributed by atoms with Gasteiger partial charge in [-0.15, -0.1) is 0 Å². The van der Waals surface area contributed by atoms with Gasteiger partial charge in [0.25, 0.3) is 0 Å². The van der Waals surface area contributed by atoms with E-state index >= 15 is 0 Å². The van der Waals surface area contributed by atoms with E-state index in [-0.39, 0.29) is 22.9 Å². The zero-order valence-corrected chi connectivity index (χ0v) is 20.4. The van der Waals surface area contributed by atoms with Crippen LogP contribution in [0.4, 0.5) is 0 Å². The number of ether oxygens (including phenoxy) is 4. The van der Waals surface area contributed by atoms with Crippen LogP contribution >= 0.6 is 0 Å². The van der Waals surface area contributed by atoms with Crippen molar-refractivity contribution in [3.05, 3.63) is 59.2 Å². The third-order valence-electron chi connectivity index (χ3n) is 5.44. The molecule has 1 N–H and O–H groups in total. The Morgan fingerprint density at radius 2 is 1.79 bits per heavy atom. The van der Waals surface area contributed by atoms with E-state index in [2.05, 4.69) is 14.4 Å². The molecule has 3 rings (SSSR count). The molecule has 0 unspecified atom stereocenters. The standard InChI is InChI=1S/C24H30N2O7S/c1-30-21-14-18(8-9-23(27)31-2)15-22(24(21)32-3)34(28,29)25-16-19-6-4-5-7-20(19)17-26-10-12-33-13-11-26/h4-9,14-15,25H,10-13,16-17H2,1-3H3/b9-8+. The Hall–Kier alpha value is -2.92. The van der Waals surface area contributed by atoms with Crippen molar-refractivity contribution in [1.82, 2.24) is 9.62 Å². The topological polar surface area (TPSA) is 103 Å². The summed E-state index contributed by atoms with van der Waals surface area (Å²) in [5.41, 5.74) is 2.37. The Bertz CT molecular complexity index is 1130. The first-order valence-electron chi connectivity index (χ1n) is 10.8. The van der Waals surface area contributed by atoms with Gasteiger partial charge in [0.05, 0.1) is 34.5 Å². The molecule has 1 aliphatic heterocycles. The second-order valence-electron chi connectivity index (χ2n) is 7.59. The summed E-state index contributed by atoms with van der Waals surface area (Å²) in [6.45, 7) is 3.88. The minimum atomic E-state index is -3.99. The number of rotatable bonds is 10. The molecular formula is C24H30N2O7S. The van der Waals surface area contributed by atoms with Crippen LogP contribution < -0.4 is 14.2 Å². The number of methoxy groups -OCH3 is 3. The van der Waals surface area contributed by atoms with Gasteiger partial charge in [-0.1, -0.05) is 24.3 Å². The van der Waals surface area contributed by atoms with Gasteiger partial charge in [-0.3, -0.25) is 4.90 Å². The van der Waals surface area contributed by atoms with E-state index in [1.54, 1.807) is 6.07 Å². The first-order chi connectivity index (χ1) is 16.4. The summed E-state index contributed by atoms with van der Waals surface area (Å²) in [5, 5.41) is 0. The van der Waals surface area contributed by atoms with Crippen LogP contribution in [0.25, 0.3) is 6.08 Å². The van der Waals surface area contributed by atoms with Gasteiger partial charge >= 0.3 is 5.97 Å². The number of carbonyl (C=O) groups excluding carboxylic acids is 1. The Morgan fingerprint density at radius 1 is 1.09 bits per heavy atom. The Morgan fingerprint density at radius 3 is 2.44 bits per heavy atom. The molecule has 1 saturated heterocycles. The van der Waals surface area contributed by atoms with Gasteiger partial charge in [-0.25, -0.2) is 17.9 Å². The van der Waals surface area contributed by atoms with Gasteiger partial charge in [0, 0.05) is 32.3 Å². The summed E-state index contributed by atoms with van der Waals surface area (Å²) >= 11 is 0. The quantitative estimate of drug-likeness (QED) is 0.399. The van der Waals surface area contributed by atoms with Crippen LogP contribution in [0.3, 0.4) is 0 Å². The first kappa shape index (κ1) is 25.7. The minimum Gasteiger partial charge on any atom is -0.493 e. The lowest BCUT2D eigenvalue weighted by Crippen LogP contribution is -2.36. The van der Waals surface area contributed by atoms with E-state index in [0.29, 0.717) is 25.3 Å². The van der Waals surface area contributed by atoms with Crippen molar-refractivity contribution in [2.45, 2.75) is 18.0 Å². The van der Waals surface area contributed by atoms with Crippen LogP contribution in [0.2, 0.25) is 0 Å². The molecule has 9 nitrogen and oxygen atoms in total. The highest BCUT2D eigenvalue weighted by Crippen LogP contribution is 2.36. The van der Waals surface area contributed by atoms with Gasteiger partial charge in [0.1, 0.15) is 4.90 Å². The molecule has 34 heavy (non-hydrogen) atoms. The van der Waals surface area contributed by atoms with Gasteiger partial charge < -0.3 is 18.9 Å². The summed E-state index contributed by atoms with van der Waals surface area (Å²) in [6.07, 6.45) is 2.65. The molecule has 0 aliphatic carbocycles. The highest BCUT2D eigenvalue weighted by Gasteiger charge is 2.24. The number of sulfonamides is 1. The molecule has 1 fully saturated rings. The molecule has 0 radical (unpaired) electrons. The average Bonchev–Trinajstić information content (AvgIpc) is 2.86. The number of hydrogen-bond donors (Lipinski definition) is 1. The molecule has 0 atom stereocenters. The van der Waals surface area contributed by atoms with Gasteiger partial charge in [0.2, 0.25) is 10.0 Å². The maximum Gasteiger partial charge on any atom is 0.330 e. The van der Waals surface area contributed by atoms with Crippen molar-refractivity contribution in [1.29, 1.82) is 0 Å². The predicted molar refractivity (Wildman–Crippen MR) is 127 cm³/mol. The summed E-state index contributed by atoms with van der Waals surface area (Å²) in [7, 11) is 0.0605. The van der Waals surface area contributed by atoms with Crippen LogP contribution in [0.15, 0.2) is 47.4 Å². The monoisotopic (exact) mass is 490 g/mol. The fourth-order valence-corrected chi connectivity index (χ4v) is 4.83. The second kappa shape index (κ2) is 12.0. The summed E-state index contributed by atoms with van der Waals surface area (Å²) < 4.78 is 50.0. The van der Waals surface area contributed by atoms with Crippen molar-refractivity contribution in [2.24, 2.45) is 0 Å².